The van der Waals surface area contributed by atoms with E-state index < -0.39 is 0 Å². The van der Waals surface area contributed by atoms with E-state index in [9.17, 15) is 10.1 Å². The molecule has 0 fully saturated rings. The van der Waals surface area contributed by atoms with Crippen LogP contribution in [0.4, 0.5) is 0 Å². The standard InChI is InChI=1S/C16H13ClN3OS/c1-10-7-13-14(22-10)15(21)20(16(17)19(13)2)9-12-6-4-3-5-11(12)8-18/h3-7H,9H2,1-2H3/q+1. The number of halogens is 1. The molecule has 0 amide bonds. The van der Waals surface area contributed by atoms with Gasteiger partial charge in [0.15, 0.2) is 10.2 Å². The van der Waals surface area contributed by atoms with Crippen LogP contribution in [0.3, 0.4) is 0 Å². The lowest BCUT2D eigenvalue weighted by atomic mass is 10.1. The minimum absolute atomic E-state index is 0.121. The zero-order chi connectivity index (χ0) is 15.9. The van der Waals surface area contributed by atoms with E-state index in [-0.39, 0.29) is 12.1 Å². The molecule has 0 aliphatic rings. The third-order valence-corrected chi connectivity index (χ3v) is 5.09. The Labute approximate surface area is 136 Å². The summed E-state index contributed by atoms with van der Waals surface area (Å²) < 4.78 is 3.99. The van der Waals surface area contributed by atoms with Crippen LogP contribution in [-0.2, 0) is 13.6 Å². The normalized spacial score (nSPS) is 10.8. The fourth-order valence-electron chi connectivity index (χ4n) is 2.46. The van der Waals surface area contributed by atoms with Crippen LogP contribution < -0.4 is 10.1 Å². The molecule has 0 unspecified atom stereocenters. The second kappa shape index (κ2) is 5.56. The van der Waals surface area contributed by atoms with Gasteiger partial charge in [0.25, 0.3) is 0 Å². The number of nitriles is 1. The molecule has 2 heterocycles. The maximum absolute atomic E-state index is 12.7. The molecule has 3 rings (SSSR count). The smallest absolute Gasteiger partial charge is 0.240 e. The van der Waals surface area contributed by atoms with E-state index in [0.717, 1.165) is 16.0 Å². The Hall–Kier alpha value is -2.16. The highest BCUT2D eigenvalue weighted by Gasteiger charge is 2.22. The molecule has 0 aliphatic carbocycles. The van der Waals surface area contributed by atoms with Crippen LogP contribution in [0.15, 0.2) is 35.1 Å². The molecule has 110 valence electrons. The lowest BCUT2D eigenvalue weighted by molar-refractivity contribution is -0.647. The molecule has 0 N–H and O–H groups in total. The highest BCUT2D eigenvalue weighted by molar-refractivity contribution is 7.18. The van der Waals surface area contributed by atoms with Crippen molar-refractivity contribution in [1.82, 2.24) is 4.57 Å². The molecular formula is C16H13ClN3OS+. The summed E-state index contributed by atoms with van der Waals surface area (Å²) in [7, 11) is 1.84. The molecule has 0 saturated carbocycles. The fraction of sp³-hybridized carbons (Fsp3) is 0.188. The first-order valence-electron chi connectivity index (χ1n) is 6.69. The van der Waals surface area contributed by atoms with Crippen LogP contribution in [0.5, 0.6) is 0 Å². The van der Waals surface area contributed by atoms with E-state index in [1.165, 1.54) is 15.9 Å². The third kappa shape index (κ3) is 2.31. The number of rotatable bonds is 2. The van der Waals surface area contributed by atoms with Crippen LogP contribution in [0.25, 0.3) is 10.2 Å². The van der Waals surface area contributed by atoms with E-state index >= 15 is 0 Å². The number of benzene rings is 1. The van der Waals surface area contributed by atoms with Crippen molar-refractivity contribution in [2.45, 2.75) is 13.5 Å². The van der Waals surface area contributed by atoms with Crippen molar-refractivity contribution in [3.63, 3.8) is 0 Å². The van der Waals surface area contributed by atoms with Crippen LogP contribution in [0.2, 0.25) is 5.28 Å². The van der Waals surface area contributed by atoms with Gasteiger partial charge in [-0.25, -0.2) is 9.36 Å². The molecule has 0 radical (unpaired) electrons. The number of aryl methyl sites for hydroxylation is 2. The molecule has 0 spiro atoms. The molecule has 1 aromatic carbocycles. The van der Waals surface area contributed by atoms with Gasteiger partial charge in [-0.1, -0.05) is 18.2 Å². The first-order chi connectivity index (χ1) is 10.5. The maximum Gasteiger partial charge on any atom is 0.358 e. The Balaban J connectivity index is 2.24. The maximum atomic E-state index is 12.7. The second-order valence-corrected chi connectivity index (χ2v) is 6.65. The SMILES string of the molecule is Cc1cc2c(s1)c(=O)n(Cc1ccccc1C#N)c(Cl)[n+]2C. The summed E-state index contributed by atoms with van der Waals surface area (Å²) >= 11 is 7.84. The molecule has 0 saturated heterocycles. The predicted octanol–water partition coefficient (Wildman–Crippen LogP) is 2.77. The fourth-order valence-corrected chi connectivity index (χ4v) is 3.68. The van der Waals surface area contributed by atoms with E-state index in [2.05, 4.69) is 6.07 Å². The van der Waals surface area contributed by atoms with E-state index in [4.69, 9.17) is 11.6 Å². The van der Waals surface area contributed by atoms with Gasteiger partial charge >= 0.3 is 10.8 Å². The van der Waals surface area contributed by atoms with Crippen molar-refractivity contribution in [3.8, 4) is 6.07 Å². The number of nitrogens with zero attached hydrogens (tertiary/aromatic N) is 3. The molecule has 0 atom stereocenters. The van der Waals surface area contributed by atoms with E-state index in [0.29, 0.717) is 15.5 Å². The highest BCUT2D eigenvalue weighted by Crippen LogP contribution is 2.21. The zero-order valence-corrected chi connectivity index (χ0v) is 13.7. The minimum Gasteiger partial charge on any atom is -0.240 e. The lowest BCUT2D eigenvalue weighted by Crippen LogP contribution is -2.39. The first-order valence-corrected chi connectivity index (χ1v) is 7.89. The number of aromatic nitrogens is 2. The van der Waals surface area contributed by atoms with Gasteiger partial charge in [-0.3, -0.25) is 0 Å². The average Bonchev–Trinajstić information content (AvgIpc) is 2.92. The molecule has 3 aromatic rings. The summed E-state index contributed by atoms with van der Waals surface area (Å²) in [6.07, 6.45) is 0. The largest absolute Gasteiger partial charge is 0.358 e. The minimum atomic E-state index is -0.121. The van der Waals surface area contributed by atoms with Crippen molar-refractivity contribution in [1.29, 1.82) is 5.26 Å². The summed E-state index contributed by atoms with van der Waals surface area (Å²) in [5, 5.41) is 9.54. The van der Waals surface area contributed by atoms with Crippen molar-refractivity contribution in [3.05, 3.63) is 62.0 Å². The molecule has 6 heteroatoms. The first kappa shape index (κ1) is 14.8. The van der Waals surface area contributed by atoms with Crippen molar-refractivity contribution in [2.75, 3.05) is 0 Å². The van der Waals surface area contributed by atoms with Crippen LogP contribution in [0.1, 0.15) is 16.0 Å². The number of thiophene rings is 1. The van der Waals surface area contributed by atoms with Gasteiger partial charge < -0.3 is 0 Å². The van der Waals surface area contributed by atoms with Gasteiger partial charge in [0.05, 0.1) is 18.7 Å². The molecule has 0 bridgehead atoms. The van der Waals surface area contributed by atoms with Crippen LogP contribution in [-0.4, -0.2) is 4.57 Å². The quantitative estimate of drug-likeness (QED) is 0.536. The Morgan fingerprint density at radius 1 is 1.41 bits per heavy atom. The van der Waals surface area contributed by atoms with Crippen molar-refractivity contribution in [2.24, 2.45) is 7.05 Å². The summed E-state index contributed by atoms with van der Waals surface area (Å²) in [6, 6.07) is 11.3. The zero-order valence-electron chi connectivity index (χ0n) is 12.1. The van der Waals surface area contributed by atoms with Crippen molar-refractivity contribution < 1.29 is 4.57 Å². The van der Waals surface area contributed by atoms with Gasteiger partial charge in [0.1, 0.15) is 6.54 Å². The molecule has 4 nitrogen and oxygen atoms in total. The Bertz CT molecular complexity index is 981. The molecule has 2 aromatic heterocycles. The average molecular weight is 331 g/mol. The van der Waals surface area contributed by atoms with E-state index in [1.807, 2.05) is 32.2 Å². The van der Waals surface area contributed by atoms with Crippen molar-refractivity contribution >= 4 is 33.2 Å². The Morgan fingerprint density at radius 2 is 2.14 bits per heavy atom. The van der Waals surface area contributed by atoms with E-state index in [1.54, 1.807) is 16.7 Å². The van der Waals surface area contributed by atoms with Crippen LogP contribution >= 0.6 is 22.9 Å². The van der Waals surface area contributed by atoms with Gasteiger partial charge in [0, 0.05) is 22.0 Å². The number of hydrogen-bond acceptors (Lipinski definition) is 3. The highest BCUT2D eigenvalue weighted by atomic mass is 35.5. The van der Waals surface area contributed by atoms with Gasteiger partial charge in [0.2, 0.25) is 0 Å². The molecule has 22 heavy (non-hydrogen) atoms. The summed E-state index contributed by atoms with van der Waals surface area (Å²) in [5.41, 5.74) is 2.04. The van der Waals surface area contributed by atoms with Gasteiger partial charge in [-0.15, -0.1) is 11.3 Å². The molecular weight excluding hydrogens is 318 g/mol. The number of hydrogen-bond donors (Lipinski definition) is 0. The van der Waals surface area contributed by atoms with Gasteiger partial charge in [-0.05, 0) is 19.1 Å². The summed E-state index contributed by atoms with van der Waals surface area (Å²) in [5.74, 6) is 0. The summed E-state index contributed by atoms with van der Waals surface area (Å²) in [6.45, 7) is 2.25. The van der Waals surface area contributed by atoms with Gasteiger partial charge in [-0.2, -0.15) is 9.83 Å². The second-order valence-electron chi connectivity index (χ2n) is 5.06. The Morgan fingerprint density at radius 3 is 2.86 bits per heavy atom. The predicted molar refractivity (Wildman–Crippen MR) is 87.3 cm³/mol. The third-order valence-electron chi connectivity index (χ3n) is 3.60. The topological polar surface area (TPSA) is 49.7 Å². The number of fused-ring (bicyclic) bond motifs is 1. The lowest BCUT2D eigenvalue weighted by Gasteiger charge is -2.06. The van der Waals surface area contributed by atoms with Crippen LogP contribution in [0, 0.1) is 18.3 Å². The monoisotopic (exact) mass is 330 g/mol. The summed E-state index contributed by atoms with van der Waals surface area (Å²) in [4.78, 5) is 13.8. The molecule has 0 aliphatic heterocycles. The Kier molecular flexibility index (Phi) is 3.73.